The Hall–Kier alpha value is -3.14. The normalized spacial score (nSPS) is 22.9. The summed E-state index contributed by atoms with van der Waals surface area (Å²) < 4.78 is 71.5. The monoisotopic (exact) mass is 468 g/mol. The highest BCUT2D eigenvalue weighted by Gasteiger charge is 2.62. The zero-order chi connectivity index (χ0) is 24.3. The molecule has 0 spiro atoms. The number of aryl methyl sites for hydroxylation is 1. The predicted molar refractivity (Wildman–Crippen MR) is 112 cm³/mol. The van der Waals surface area contributed by atoms with Crippen LogP contribution in [0.15, 0.2) is 35.1 Å². The molecule has 0 radical (unpaired) electrons. The quantitative estimate of drug-likeness (QED) is 0.400. The fourth-order valence-corrected chi connectivity index (χ4v) is 4.67. The van der Waals surface area contributed by atoms with E-state index in [1.807, 2.05) is 0 Å². The van der Waals surface area contributed by atoms with Crippen LogP contribution in [0.1, 0.15) is 48.4 Å². The Bertz CT molecular complexity index is 1300. The molecule has 10 heteroatoms. The highest BCUT2D eigenvalue weighted by Crippen LogP contribution is 2.55. The van der Waals surface area contributed by atoms with Crippen molar-refractivity contribution in [2.24, 2.45) is 0 Å². The minimum absolute atomic E-state index is 0.0267. The smallest absolute Gasteiger partial charge is 0.419 e. The van der Waals surface area contributed by atoms with Gasteiger partial charge in [0.2, 0.25) is 5.56 Å². The van der Waals surface area contributed by atoms with Crippen molar-refractivity contribution in [3.8, 4) is 5.75 Å². The molecule has 0 unspecified atom stereocenters. The molecule has 0 bridgehead atoms. The molecule has 5 nitrogen and oxygen atoms in total. The van der Waals surface area contributed by atoms with Crippen molar-refractivity contribution >= 4 is 16.6 Å². The summed E-state index contributed by atoms with van der Waals surface area (Å²) in [7, 11) is 0. The lowest BCUT2D eigenvalue weighted by Crippen LogP contribution is -2.55. The number of H-pyrrole nitrogens is 1. The first-order chi connectivity index (χ1) is 15.4. The van der Waals surface area contributed by atoms with Crippen LogP contribution in [0, 0.1) is 18.6 Å². The van der Waals surface area contributed by atoms with E-state index in [1.54, 1.807) is 6.92 Å². The molecule has 0 amide bonds. The Morgan fingerprint density at radius 1 is 1.21 bits per heavy atom. The van der Waals surface area contributed by atoms with Crippen LogP contribution in [0.25, 0.3) is 10.9 Å². The molecule has 1 aliphatic rings. The Morgan fingerprint density at radius 2 is 1.91 bits per heavy atom. The number of hydrogen-bond donors (Lipinski definition) is 4. The number of aromatic amines is 1. The first-order valence-electron chi connectivity index (χ1n) is 10.3. The number of fused-ring (bicyclic) bond motifs is 2. The standard InChI is InChI=1S/C23H21F5N2O3/c1-3-11-9-22(33,23(26,27)28)21(14-6-10(2)19(25)20(32)18(11)14)30-16-8-12(24)7-15-13(16)4-5-17(31)29-15/h4-8,11,21,30,32-33H,3,9H2,1-2H3,(H,29,31)/t11-,21+,22+/m1/s1. The number of aromatic nitrogens is 1. The average molecular weight is 468 g/mol. The summed E-state index contributed by atoms with van der Waals surface area (Å²) in [6, 6.07) is 3.68. The summed E-state index contributed by atoms with van der Waals surface area (Å²) >= 11 is 0. The Kier molecular flexibility index (Phi) is 5.39. The van der Waals surface area contributed by atoms with Crippen molar-refractivity contribution < 1.29 is 32.2 Å². The third-order valence-electron chi connectivity index (χ3n) is 6.33. The van der Waals surface area contributed by atoms with Crippen LogP contribution in [-0.4, -0.2) is 27.0 Å². The third kappa shape index (κ3) is 3.62. The van der Waals surface area contributed by atoms with E-state index in [2.05, 4.69) is 10.3 Å². The van der Waals surface area contributed by atoms with Crippen LogP contribution < -0.4 is 10.9 Å². The number of aromatic hydroxyl groups is 1. The maximum atomic E-state index is 14.5. The van der Waals surface area contributed by atoms with E-state index in [0.717, 1.165) is 24.3 Å². The first-order valence-corrected chi connectivity index (χ1v) is 10.3. The van der Waals surface area contributed by atoms with E-state index in [0.29, 0.717) is 0 Å². The number of nitrogens with one attached hydrogen (secondary N) is 2. The molecule has 4 N–H and O–H groups in total. The molecule has 2 aromatic carbocycles. The maximum absolute atomic E-state index is 14.5. The van der Waals surface area contributed by atoms with Crippen molar-refractivity contribution in [3.05, 3.63) is 69.0 Å². The van der Waals surface area contributed by atoms with E-state index >= 15 is 0 Å². The number of pyridine rings is 1. The van der Waals surface area contributed by atoms with Gasteiger partial charge in [-0.2, -0.15) is 13.2 Å². The minimum atomic E-state index is -5.11. The number of benzene rings is 2. The van der Waals surface area contributed by atoms with Crippen molar-refractivity contribution in [1.82, 2.24) is 4.98 Å². The number of alkyl halides is 3. The van der Waals surface area contributed by atoms with E-state index in [1.165, 1.54) is 13.0 Å². The molecule has 3 aromatic rings. The zero-order valence-electron chi connectivity index (χ0n) is 17.6. The molecular weight excluding hydrogens is 447 g/mol. The van der Waals surface area contributed by atoms with E-state index < -0.39 is 53.1 Å². The summed E-state index contributed by atoms with van der Waals surface area (Å²) in [4.78, 5) is 14.0. The van der Waals surface area contributed by atoms with Gasteiger partial charge >= 0.3 is 6.18 Å². The predicted octanol–water partition coefficient (Wildman–Crippen LogP) is 5.16. The van der Waals surface area contributed by atoms with Crippen molar-refractivity contribution in [2.75, 3.05) is 5.32 Å². The molecule has 1 aliphatic carbocycles. The number of hydrogen-bond acceptors (Lipinski definition) is 4. The Labute approximate surface area is 184 Å². The molecule has 0 saturated heterocycles. The largest absolute Gasteiger partial charge is 0.505 e. The van der Waals surface area contributed by atoms with Crippen molar-refractivity contribution in [2.45, 2.75) is 50.4 Å². The van der Waals surface area contributed by atoms with E-state index in [9.17, 15) is 37.0 Å². The highest BCUT2D eigenvalue weighted by atomic mass is 19.4. The van der Waals surface area contributed by atoms with Crippen LogP contribution >= 0.6 is 0 Å². The molecule has 0 saturated carbocycles. The lowest BCUT2D eigenvalue weighted by molar-refractivity contribution is -0.272. The van der Waals surface area contributed by atoms with Gasteiger partial charge in [0, 0.05) is 22.7 Å². The number of anilines is 1. The van der Waals surface area contributed by atoms with Crippen molar-refractivity contribution in [3.63, 3.8) is 0 Å². The third-order valence-corrected chi connectivity index (χ3v) is 6.33. The Balaban J connectivity index is 1.99. The number of aliphatic hydroxyl groups is 1. The van der Waals surface area contributed by atoms with Gasteiger partial charge in [0.15, 0.2) is 17.2 Å². The molecule has 1 heterocycles. The highest BCUT2D eigenvalue weighted by molar-refractivity contribution is 5.91. The van der Waals surface area contributed by atoms with Gasteiger partial charge in [-0.05, 0) is 55.0 Å². The van der Waals surface area contributed by atoms with Gasteiger partial charge in [-0.1, -0.05) is 13.0 Å². The van der Waals surface area contributed by atoms with E-state index in [-0.39, 0.29) is 39.7 Å². The van der Waals surface area contributed by atoms with Crippen LogP contribution in [0.2, 0.25) is 0 Å². The molecular formula is C23H21F5N2O3. The molecule has 4 rings (SSSR count). The number of phenols is 1. The van der Waals surface area contributed by atoms with Gasteiger partial charge in [0.25, 0.3) is 0 Å². The SMILES string of the molecule is CC[C@@H]1C[C@@](O)(C(F)(F)F)[C@@H](Nc2cc(F)cc3[nH]c(=O)ccc23)c2cc(C)c(F)c(O)c21. The summed E-state index contributed by atoms with van der Waals surface area (Å²) in [5.41, 5.74) is -4.17. The fourth-order valence-electron chi connectivity index (χ4n) is 4.67. The van der Waals surface area contributed by atoms with Gasteiger partial charge in [0.1, 0.15) is 5.82 Å². The molecule has 1 aromatic heterocycles. The Morgan fingerprint density at radius 3 is 2.55 bits per heavy atom. The van der Waals surface area contributed by atoms with Crippen molar-refractivity contribution in [1.29, 1.82) is 0 Å². The topological polar surface area (TPSA) is 85.4 Å². The molecule has 33 heavy (non-hydrogen) atoms. The zero-order valence-corrected chi connectivity index (χ0v) is 17.6. The van der Waals surface area contributed by atoms with Crippen LogP contribution in [0.4, 0.5) is 27.6 Å². The maximum Gasteiger partial charge on any atom is 0.419 e. The van der Waals surface area contributed by atoms with Crippen LogP contribution in [0.5, 0.6) is 5.75 Å². The van der Waals surface area contributed by atoms with Gasteiger partial charge < -0.3 is 20.5 Å². The van der Waals surface area contributed by atoms with Crippen LogP contribution in [0.3, 0.4) is 0 Å². The lowest BCUT2D eigenvalue weighted by Gasteiger charge is -2.46. The van der Waals surface area contributed by atoms with Gasteiger partial charge in [-0.15, -0.1) is 0 Å². The first kappa shape index (κ1) is 23.0. The second-order valence-corrected chi connectivity index (χ2v) is 8.40. The molecule has 3 atom stereocenters. The van der Waals surface area contributed by atoms with Crippen LogP contribution in [-0.2, 0) is 0 Å². The number of phenolic OH excluding ortho intramolecular Hbond substituents is 1. The minimum Gasteiger partial charge on any atom is -0.505 e. The summed E-state index contributed by atoms with van der Waals surface area (Å²) in [6.45, 7) is 2.86. The average Bonchev–Trinajstić information content (AvgIpc) is 2.72. The second-order valence-electron chi connectivity index (χ2n) is 8.40. The summed E-state index contributed by atoms with van der Waals surface area (Å²) in [5.74, 6) is -3.51. The molecule has 0 fully saturated rings. The van der Waals surface area contributed by atoms with Gasteiger partial charge in [-0.3, -0.25) is 4.79 Å². The lowest BCUT2D eigenvalue weighted by atomic mass is 9.68. The summed E-state index contributed by atoms with van der Waals surface area (Å²) in [5, 5.41) is 24.3. The number of rotatable bonds is 3. The molecule has 176 valence electrons. The van der Waals surface area contributed by atoms with Gasteiger partial charge in [-0.25, -0.2) is 8.78 Å². The van der Waals surface area contributed by atoms with Gasteiger partial charge in [0.05, 0.1) is 11.6 Å². The fraction of sp³-hybridized carbons (Fsp3) is 0.348. The summed E-state index contributed by atoms with van der Waals surface area (Å²) in [6.07, 6.45) is -5.83. The molecule has 0 aliphatic heterocycles. The van der Waals surface area contributed by atoms with E-state index in [4.69, 9.17) is 0 Å². The number of halogens is 5. The second kappa shape index (κ2) is 7.72.